The molecule has 4 atom stereocenters. The first-order chi connectivity index (χ1) is 8.96. The van der Waals surface area contributed by atoms with Crippen molar-refractivity contribution < 1.29 is 9.84 Å². The third kappa shape index (κ3) is 2.35. The van der Waals surface area contributed by atoms with Crippen LogP contribution < -0.4 is 0 Å². The fraction of sp³-hybridized carbons (Fsp3) is 1.00. The zero-order valence-electron chi connectivity index (χ0n) is 12.8. The number of hydrogen-bond donors (Lipinski definition) is 1. The van der Waals surface area contributed by atoms with Crippen LogP contribution >= 0.6 is 0 Å². The van der Waals surface area contributed by atoms with Crippen LogP contribution in [0.2, 0.25) is 0 Å². The molecule has 4 saturated carbocycles. The molecule has 0 saturated heterocycles. The predicted molar refractivity (Wildman–Crippen MR) is 76.9 cm³/mol. The van der Waals surface area contributed by atoms with Gasteiger partial charge in [-0.25, -0.2) is 0 Å². The molecular weight excluding hydrogens is 236 g/mol. The highest BCUT2D eigenvalue weighted by Crippen LogP contribution is 2.66. The SMILES string of the molecule is COCCC(C)C(O)C12CC3CC(CC(C)(C3)C1)C2. The smallest absolute Gasteiger partial charge is 0.0623 e. The van der Waals surface area contributed by atoms with Crippen LogP contribution in [0.15, 0.2) is 0 Å². The molecule has 4 aliphatic carbocycles. The van der Waals surface area contributed by atoms with Gasteiger partial charge in [0, 0.05) is 13.7 Å². The number of ether oxygens (including phenoxy) is 1. The van der Waals surface area contributed by atoms with Crippen LogP contribution in [0.5, 0.6) is 0 Å². The molecule has 0 heterocycles. The van der Waals surface area contributed by atoms with Crippen LogP contribution in [-0.4, -0.2) is 24.9 Å². The average molecular weight is 266 g/mol. The summed E-state index contributed by atoms with van der Waals surface area (Å²) < 4.78 is 5.19. The molecule has 0 aromatic rings. The van der Waals surface area contributed by atoms with Crippen molar-refractivity contribution >= 4 is 0 Å². The molecule has 4 rings (SSSR count). The molecule has 0 spiro atoms. The normalized spacial score (nSPS) is 47.4. The zero-order valence-corrected chi connectivity index (χ0v) is 12.8. The van der Waals surface area contributed by atoms with E-state index in [0.29, 0.717) is 11.3 Å². The van der Waals surface area contributed by atoms with Crippen LogP contribution in [-0.2, 0) is 4.74 Å². The van der Waals surface area contributed by atoms with E-state index < -0.39 is 0 Å². The largest absolute Gasteiger partial charge is 0.392 e. The second-order valence-corrected chi connectivity index (χ2v) is 8.34. The topological polar surface area (TPSA) is 29.5 Å². The van der Waals surface area contributed by atoms with E-state index in [4.69, 9.17) is 4.74 Å². The van der Waals surface area contributed by atoms with Crippen molar-refractivity contribution in [2.45, 2.75) is 64.9 Å². The second kappa shape index (κ2) is 4.73. The van der Waals surface area contributed by atoms with E-state index in [-0.39, 0.29) is 11.5 Å². The fourth-order valence-corrected chi connectivity index (χ4v) is 6.21. The van der Waals surface area contributed by atoms with Gasteiger partial charge in [-0.15, -0.1) is 0 Å². The summed E-state index contributed by atoms with van der Waals surface area (Å²) in [5.74, 6) is 2.17. The maximum absolute atomic E-state index is 11.0. The molecule has 0 aromatic heterocycles. The van der Waals surface area contributed by atoms with Crippen LogP contribution in [0.4, 0.5) is 0 Å². The molecule has 0 radical (unpaired) electrons. The summed E-state index contributed by atoms with van der Waals surface area (Å²) >= 11 is 0. The van der Waals surface area contributed by atoms with Crippen LogP contribution in [0.25, 0.3) is 0 Å². The van der Waals surface area contributed by atoms with Gasteiger partial charge in [0.1, 0.15) is 0 Å². The molecule has 110 valence electrons. The van der Waals surface area contributed by atoms with E-state index in [1.807, 2.05) is 0 Å². The molecule has 4 fully saturated rings. The highest BCUT2D eigenvalue weighted by Gasteiger charge is 2.58. The van der Waals surface area contributed by atoms with Crippen LogP contribution in [0, 0.1) is 28.6 Å². The van der Waals surface area contributed by atoms with Crippen molar-refractivity contribution in [3.8, 4) is 0 Å². The summed E-state index contributed by atoms with van der Waals surface area (Å²) in [6, 6.07) is 0. The highest BCUT2D eigenvalue weighted by atomic mass is 16.5. The highest BCUT2D eigenvalue weighted by molar-refractivity contribution is 5.09. The molecule has 2 heteroatoms. The van der Waals surface area contributed by atoms with Crippen molar-refractivity contribution in [2.75, 3.05) is 13.7 Å². The Labute approximate surface area is 117 Å². The number of hydrogen-bond acceptors (Lipinski definition) is 2. The van der Waals surface area contributed by atoms with Crippen molar-refractivity contribution in [1.82, 2.24) is 0 Å². The standard InChI is InChI=1S/C17H30O2/c1-12(4-5-19-3)15(18)17-9-13-6-14(10-17)8-16(2,7-13)11-17/h12-15,18H,4-11H2,1-3H3. The summed E-state index contributed by atoms with van der Waals surface area (Å²) in [7, 11) is 1.75. The van der Waals surface area contributed by atoms with Crippen molar-refractivity contribution in [3.63, 3.8) is 0 Å². The van der Waals surface area contributed by atoms with Crippen LogP contribution in [0.3, 0.4) is 0 Å². The minimum absolute atomic E-state index is 0.118. The Balaban J connectivity index is 1.75. The maximum Gasteiger partial charge on any atom is 0.0623 e. The molecule has 0 aliphatic heterocycles. The number of aliphatic hydroxyl groups is 1. The average Bonchev–Trinajstić information content (AvgIpc) is 2.32. The zero-order chi connectivity index (χ0) is 13.7. The van der Waals surface area contributed by atoms with E-state index in [2.05, 4.69) is 13.8 Å². The summed E-state index contributed by atoms with van der Waals surface area (Å²) in [5.41, 5.74) is 0.776. The minimum atomic E-state index is -0.118. The quantitative estimate of drug-likeness (QED) is 0.823. The molecule has 19 heavy (non-hydrogen) atoms. The summed E-state index contributed by atoms with van der Waals surface area (Å²) in [5, 5.41) is 11.0. The molecule has 0 aromatic carbocycles. The first kappa shape index (κ1) is 13.9. The van der Waals surface area contributed by atoms with E-state index in [1.54, 1.807) is 7.11 Å². The molecule has 4 bridgehead atoms. The van der Waals surface area contributed by atoms with E-state index >= 15 is 0 Å². The number of methoxy groups -OCH3 is 1. The fourth-order valence-electron chi connectivity index (χ4n) is 6.21. The molecular formula is C17H30O2. The minimum Gasteiger partial charge on any atom is -0.392 e. The Hall–Kier alpha value is -0.0800. The molecule has 4 unspecified atom stereocenters. The van der Waals surface area contributed by atoms with E-state index in [9.17, 15) is 5.11 Å². The Morgan fingerprint density at radius 1 is 1.21 bits per heavy atom. The van der Waals surface area contributed by atoms with Gasteiger partial charge in [0.05, 0.1) is 6.10 Å². The number of aliphatic hydroxyl groups excluding tert-OH is 1. The van der Waals surface area contributed by atoms with Gasteiger partial charge in [0.2, 0.25) is 0 Å². The third-order valence-electron chi connectivity index (χ3n) is 6.34. The summed E-state index contributed by atoms with van der Waals surface area (Å²) in [4.78, 5) is 0. The third-order valence-corrected chi connectivity index (χ3v) is 6.34. The molecule has 0 amide bonds. The lowest BCUT2D eigenvalue weighted by molar-refractivity contribution is -0.166. The number of rotatable bonds is 5. The Bertz CT molecular complexity index is 324. The molecule has 4 aliphatic rings. The van der Waals surface area contributed by atoms with Gasteiger partial charge in [-0.05, 0) is 73.5 Å². The van der Waals surface area contributed by atoms with Gasteiger partial charge < -0.3 is 9.84 Å². The van der Waals surface area contributed by atoms with Crippen molar-refractivity contribution in [1.29, 1.82) is 0 Å². The Kier molecular flexibility index (Phi) is 3.46. The van der Waals surface area contributed by atoms with Crippen molar-refractivity contribution in [3.05, 3.63) is 0 Å². The predicted octanol–water partition coefficient (Wildman–Crippen LogP) is 3.63. The van der Waals surface area contributed by atoms with E-state index in [1.165, 1.54) is 38.5 Å². The first-order valence-electron chi connectivity index (χ1n) is 8.13. The second-order valence-electron chi connectivity index (χ2n) is 8.34. The van der Waals surface area contributed by atoms with Gasteiger partial charge in [-0.2, -0.15) is 0 Å². The van der Waals surface area contributed by atoms with Gasteiger partial charge in [-0.1, -0.05) is 13.8 Å². The lowest BCUT2D eigenvalue weighted by atomic mass is 9.43. The molecule has 1 N–H and O–H groups in total. The van der Waals surface area contributed by atoms with Gasteiger partial charge >= 0.3 is 0 Å². The van der Waals surface area contributed by atoms with Gasteiger partial charge in [-0.3, -0.25) is 0 Å². The van der Waals surface area contributed by atoms with Crippen LogP contribution in [0.1, 0.15) is 58.8 Å². The van der Waals surface area contributed by atoms with Gasteiger partial charge in [0.15, 0.2) is 0 Å². The lowest BCUT2D eigenvalue weighted by Crippen LogP contribution is -2.56. The monoisotopic (exact) mass is 266 g/mol. The van der Waals surface area contributed by atoms with E-state index in [0.717, 1.165) is 24.9 Å². The van der Waals surface area contributed by atoms with Gasteiger partial charge in [0.25, 0.3) is 0 Å². The Morgan fingerprint density at radius 2 is 1.84 bits per heavy atom. The first-order valence-corrected chi connectivity index (χ1v) is 8.13. The summed E-state index contributed by atoms with van der Waals surface area (Å²) in [6.45, 7) is 5.47. The van der Waals surface area contributed by atoms with Crippen molar-refractivity contribution in [2.24, 2.45) is 28.6 Å². The molecule has 2 nitrogen and oxygen atoms in total. The lowest BCUT2D eigenvalue weighted by Gasteiger charge is -2.63. The maximum atomic E-state index is 11.0. The summed E-state index contributed by atoms with van der Waals surface area (Å²) in [6.07, 6.45) is 9.00. The Morgan fingerprint density at radius 3 is 2.37 bits per heavy atom.